The molecule has 30 heavy (non-hydrogen) atoms. The molecule has 2 amide bonds. The van der Waals surface area contributed by atoms with E-state index in [2.05, 4.69) is 19.2 Å². The molecule has 1 aliphatic rings. The number of nitrogens with zero attached hydrogens (tertiary/aromatic N) is 1. The van der Waals surface area contributed by atoms with Crippen LogP contribution in [0, 0.1) is 5.92 Å². The molecule has 1 N–H and O–H groups in total. The summed E-state index contributed by atoms with van der Waals surface area (Å²) in [5.41, 5.74) is 1.46. The third kappa shape index (κ3) is 5.32. The summed E-state index contributed by atoms with van der Waals surface area (Å²) in [4.78, 5) is 27.7. The van der Waals surface area contributed by atoms with Gasteiger partial charge in [-0.2, -0.15) is 0 Å². The zero-order valence-electron chi connectivity index (χ0n) is 17.9. The highest BCUT2D eigenvalue weighted by Crippen LogP contribution is 2.29. The van der Waals surface area contributed by atoms with Crippen molar-refractivity contribution in [3.63, 3.8) is 0 Å². The SMILES string of the molecule is COc1cc(C(=O)Nc2ccccc2C(=O)N2CCCCC2)ccc1OCC(C)C. The van der Waals surface area contributed by atoms with E-state index in [0.717, 1.165) is 32.4 Å². The predicted molar refractivity (Wildman–Crippen MR) is 117 cm³/mol. The smallest absolute Gasteiger partial charge is 0.255 e. The van der Waals surface area contributed by atoms with E-state index in [4.69, 9.17) is 9.47 Å². The number of likely N-dealkylation sites (tertiary alicyclic amines) is 1. The summed E-state index contributed by atoms with van der Waals surface area (Å²) < 4.78 is 11.1. The molecular formula is C24H30N2O4. The van der Waals surface area contributed by atoms with Crippen LogP contribution in [-0.2, 0) is 0 Å². The van der Waals surface area contributed by atoms with E-state index >= 15 is 0 Å². The number of hydrogen-bond donors (Lipinski definition) is 1. The van der Waals surface area contributed by atoms with Crippen LogP contribution >= 0.6 is 0 Å². The summed E-state index contributed by atoms with van der Waals surface area (Å²) in [7, 11) is 1.55. The molecule has 1 fully saturated rings. The molecule has 0 saturated carbocycles. The first-order valence-corrected chi connectivity index (χ1v) is 10.5. The highest BCUT2D eigenvalue weighted by Gasteiger charge is 2.21. The predicted octanol–water partition coefficient (Wildman–Crippen LogP) is 4.61. The van der Waals surface area contributed by atoms with Crippen molar-refractivity contribution in [2.45, 2.75) is 33.1 Å². The molecule has 6 nitrogen and oxygen atoms in total. The van der Waals surface area contributed by atoms with Gasteiger partial charge in [-0.05, 0) is 55.5 Å². The number of rotatable bonds is 7. The summed E-state index contributed by atoms with van der Waals surface area (Å²) >= 11 is 0. The highest BCUT2D eigenvalue weighted by atomic mass is 16.5. The minimum atomic E-state index is -0.303. The maximum Gasteiger partial charge on any atom is 0.255 e. The minimum Gasteiger partial charge on any atom is -0.493 e. The molecule has 0 radical (unpaired) electrons. The highest BCUT2D eigenvalue weighted by molar-refractivity contribution is 6.09. The molecule has 0 unspecified atom stereocenters. The largest absolute Gasteiger partial charge is 0.493 e. The fourth-order valence-electron chi connectivity index (χ4n) is 3.42. The summed E-state index contributed by atoms with van der Waals surface area (Å²) in [6.07, 6.45) is 3.19. The number of nitrogens with one attached hydrogen (secondary N) is 1. The van der Waals surface area contributed by atoms with Gasteiger partial charge in [0.05, 0.1) is 25.0 Å². The standard InChI is InChI=1S/C24H30N2O4/c1-17(2)16-30-21-12-11-18(15-22(21)29-3)23(27)25-20-10-6-5-9-19(20)24(28)26-13-7-4-8-14-26/h5-6,9-12,15,17H,4,7-8,13-14,16H2,1-3H3,(H,25,27). The number of ether oxygens (including phenoxy) is 2. The normalized spacial score (nSPS) is 13.8. The number of piperidine rings is 1. The fourth-order valence-corrected chi connectivity index (χ4v) is 3.42. The number of amides is 2. The molecule has 0 aliphatic carbocycles. The Bertz CT molecular complexity index is 889. The molecule has 6 heteroatoms. The average Bonchev–Trinajstić information content (AvgIpc) is 2.78. The van der Waals surface area contributed by atoms with Crippen molar-refractivity contribution in [1.29, 1.82) is 0 Å². The van der Waals surface area contributed by atoms with E-state index in [0.29, 0.717) is 40.8 Å². The van der Waals surface area contributed by atoms with Crippen molar-refractivity contribution in [2.24, 2.45) is 5.92 Å². The lowest BCUT2D eigenvalue weighted by Gasteiger charge is -2.27. The maximum absolute atomic E-state index is 12.9. The first-order valence-electron chi connectivity index (χ1n) is 10.5. The minimum absolute atomic E-state index is 0.0411. The zero-order chi connectivity index (χ0) is 21.5. The van der Waals surface area contributed by atoms with Gasteiger partial charge in [0.2, 0.25) is 0 Å². The molecule has 2 aromatic carbocycles. The summed E-state index contributed by atoms with van der Waals surface area (Å²) in [5, 5.41) is 2.89. The van der Waals surface area contributed by atoms with Gasteiger partial charge in [0.25, 0.3) is 11.8 Å². The molecule has 0 atom stereocenters. The molecular weight excluding hydrogens is 380 g/mol. The van der Waals surface area contributed by atoms with Crippen LogP contribution in [0.25, 0.3) is 0 Å². The second-order valence-corrected chi connectivity index (χ2v) is 7.92. The monoisotopic (exact) mass is 410 g/mol. The first kappa shape index (κ1) is 21.7. The van der Waals surface area contributed by atoms with Gasteiger partial charge in [-0.3, -0.25) is 9.59 Å². The third-order valence-corrected chi connectivity index (χ3v) is 5.05. The lowest BCUT2D eigenvalue weighted by atomic mass is 10.1. The van der Waals surface area contributed by atoms with Gasteiger partial charge in [0.1, 0.15) is 0 Å². The van der Waals surface area contributed by atoms with Crippen molar-refractivity contribution in [3.05, 3.63) is 53.6 Å². The van der Waals surface area contributed by atoms with Crippen LogP contribution in [0.2, 0.25) is 0 Å². The molecule has 1 aliphatic heterocycles. The molecule has 160 valence electrons. The van der Waals surface area contributed by atoms with Gasteiger partial charge in [-0.1, -0.05) is 26.0 Å². The zero-order valence-corrected chi connectivity index (χ0v) is 17.9. The second-order valence-electron chi connectivity index (χ2n) is 7.92. The summed E-state index contributed by atoms with van der Waals surface area (Å²) in [5.74, 6) is 1.14. The average molecular weight is 411 g/mol. The Morgan fingerprint density at radius 2 is 1.77 bits per heavy atom. The Hall–Kier alpha value is -3.02. The Labute approximate surface area is 178 Å². The fraction of sp³-hybridized carbons (Fsp3) is 0.417. The quantitative estimate of drug-likeness (QED) is 0.724. The van der Waals surface area contributed by atoms with Crippen molar-refractivity contribution < 1.29 is 19.1 Å². The van der Waals surface area contributed by atoms with Crippen LogP contribution in [0.5, 0.6) is 11.5 Å². The Kier molecular flexibility index (Phi) is 7.33. The second kappa shape index (κ2) is 10.1. The maximum atomic E-state index is 12.9. The Morgan fingerprint density at radius 1 is 1.03 bits per heavy atom. The van der Waals surface area contributed by atoms with Crippen molar-refractivity contribution >= 4 is 17.5 Å². The van der Waals surface area contributed by atoms with Gasteiger partial charge in [0, 0.05) is 18.7 Å². The van der Waals surface area contributed by atoms with E-state index in [1.54, 1.807) is 37.4 Å². The topological polar surface area (TPSA) is 67.9 Å². The van der Waals surface area contributed by atoms with Crippen molar-refractivity contribution in [3.8, 4) is 11.5 Å². The van der Waals surface area contributed by atoms with E-state index in [1.165, 1.54) is 0 Å². The summed E-state index contributed by atoms with van der Waals surface area (Å²) in [6.45, 7) is 6.22. The van der Waals surface area contributed by atoms with E-state index in [1.807, 2.05) is 17.0 Å². The Morgan fingerprint density at radius 3 is 2.47 bits per heavy atom. The molecule has 3 rings (SSSR count). The Balaban J connectivity index is 1.77. The number of carbonyl (C=O) groups excluding carboxylic acids is 2. The van der Waals surface area contributed by atoms with Gasteiger partial charge >= 0.3 is 0 Å². The van der Waals surface area contributed by atoms with Crippen molar-refractivity contribution in [1.82, 2.24) is 4.90 Å². The van der Waals surface area contributed by atoms with E-state index in [-0.39, 0.29) is 11.8 Å². The number of carbonyl (C=O) groups is 2. The van der Waals surface area contributed by atoms with Crippen molar-refractivity contribution in [2.75, 3.05) is 32.1 Å². The molecule has 1 saturated heterocycles. The van der Waals surface area contributed by atoms with Crippen LogP contribution in [0.3, 0.4) is 0 Å². The molecule has 0 bridgehead atoms. The number of anilines is 1. The van der Waals surface area contributed by atoms with Gasteiger partial charge < -0.3 is 19.7 Å². The summed E-state index contributed by atoms with van der Waals surface area (Å²) in [6, 6.07) is 12.2. The molecule has 0 spiro atoms. The number of para-hydroxylation sites is 1. The lowest BCUT2D eigenvalue weighted by molar-refractivity contribution is 0.0725. The molecule has 0 aromatic heterocycles. The number of benzene rings is 2. The van der Waals surface area contributed by atoms with Crippen LogP contribution in [0.4, 0.5) is 5.69 Å². The van der Waals surface area contributed by atoms with Crippen LogP contribution in [0.1, 0.15) is 53.8 Å². The first-order chi connectivity index (χ1) is 14.5. The van der Waals surface area contributed by atoms with Crippen LogP contribution < -0.4 is 14.8 Å². The van der Waals surface area contributed by atoms with Gasteiger partial charge in [-0.25, -0.2) is 0 Å². The van der Waals surface area contributed by atoms with E-state index in [9.17, 15) is 9.59 Å². The van der Waals surface area contributed by atoms with Crippen LogP contribution in [-0.4, -0.2) is 43.5 Å². The third-order valence-electron chi connectivity index (χ3n) is 5.05. The molecule has 2 aromatic rings. The van der Waals surface area contributed by atoms with Crippen LogP contribution in [0.15, 0.2) is 42.5 Å². The van der Waals surface area contributed by atoms with E-state index < -0.39 is 0 Å². The number of hydrogen-bond acceptors (Lipinski definition) is 4. The lowest BCUT2D eigenvalue weighted by Crippen LogP contribution is -2.36. The number of methoxy groups -OCH3 is 1. The molecule has 1 heterocycles. The van der Waals surface area contributed by atoms with Gasteiger partial charge in [-0.15, -0.1) is 0 Å². The van der Waals surface area contributed by atoms with Gasteiger partial charge in [0.15, 0.2) is 11.5 Å².